The fraction of sp³-hybridized carbons (Fsp3) is 0.261. The van der Waals surface area contributed by atoms with Crippen LogP contribution in [0.2, 0.25) is 0 Å². The van der Waals surface area contributed by atoms with Crippen LogP contribution >= 0.6 is 12.4 Å². The van der Waals surface area contributed by atoms with Crippen LogP contribution in [0.1, 0.15) is 18.5 Å². The number of hydrogen-bond acceptors (Lipinski definition) is 6. The van der Waals surface area contributed by atoms with Gasteiger partial charge in [0.15, 0.2) is 5.82 Å². The molecule has 1 fully saturated rings. The van der Waals surface area contributed by atoms with Crippen LogP contribution in [0.4, 0.5) is 11.5 Å². The topological polar surface area (TPSA) is 66.0 Å². The van der Waals surface area contributed by atoms with Crippen molar-refractivity contribution in [2.45, 2.75) is 13.0 Å². The van der Waals surface area contributed by atoms with Crippen LogP contribution < -0.4 is 15.5 Å². The maximum Gasteiger partial charge on any atom is 0.160 e. The molecule has 2 heterocycles. The van der Waals surface area contributed by atoms with Crippen LogP contribution in [0, 0.1) is 0 Å². The van der Waals surface area contributed by atoms with E-state index in [4.69, 9.17) is 0 Å². The lowest BCUT2D eigenvalue weighted by Crippen LogP contribution is -2.43. The van der Waals surface area contributed by atoms with Gasteiger partial charge in [0, 0.05) is 37.3 Å². The van der Waals surface area contributed by atoms with Crippen LogP contribution in [0.25, 0.3) is 21.7 Å². The van der Waals surface area contributed by atoms with Gasteiger partial charge in [0.05, 0.1) is 11.6 Å². The van der Waals surface area contributed by atoms with Crippen LogP contribution in [-0.2, 0) is 0 Å². The van der Waals surface area contributed by atoms with Crippen molar-refractivity contribution in [1.29, 1.82) is 0 Å². The number of nitrogens with one attached hydrogen (secondary N) is 2. The highest BCUT2D eigenvalue weighted by Crippen LogP contribution is 2.30. The third-order valence-electron chi connectivity index (χ3n) is 5.66. The van der Waals surface area contributed by atoms with Gasteiger partial charge in [-0.25, -0.2) is 0 Å². The average Bonchev–Trinajstić information content (AvgIpc) is 2.79. The van der Waals surface area contributed by atoms with E-state index in [9.17, 15) is 0 Å². The van der Waals surface area contributed by atoms with E-state index < -0.39 is 0 Å². The van der Waals surface area contributed by atoms with Crippen molar-refractivity contribution in [1.82, 2.24) is 20.7 Å². The van der Waals surface area contributed by atoms with Gasteiger partial charge in [-0.15, -0.1) is 22.6 Å². The molecular formula is C23H25ClN6. The van der Waals surface area contributed by atoms with Crippen molar-refractivity contribution < 1.29 is 0 Å². The molecular weight excluding hydrogens is 396 g/mol. The number of fused-ring (bicyclic) bond motifs is 2. The summed E-state index contributed by atoms with van der Waals surface area (Å²) in [6.45, 7) is 6.19. The molecule has 1 saturated heterocycles. The molecule has 5 rings (SSSR count). The molecule has 0 unspecified atom stereocenters. The molecule has 7 heteroatoms. The lowest BCUT2D eigenvalue weighted by atomic mass is 9.99. The molecule has 4 aromatic rings. The summed E-state index contributed by atoms with van der Waals surface area (Å²) in [5.74, 6) is 0.771. The summed E-state index contributed by atoms with van der Waals surface area (Å²) in [4.78, 5) is 2.40. The molecule has 1 aromatic heterocycles. The summed E-state index contributed by atoms with van der Waals surface area (Å²) < 4.78 is 0. The molecule has 0 aliphatic carbocycles. The first-order valence-corrected chi connectivity index (χ1v) is 10.1. The molecule has 154 valence electrons. The number of rotatable bonds is 4. The molecule has 0 spiro atoms. The molecule has 0 saturated carbocycles. The van der Waals surface area contributed by atoms with Crippen LogP contribution in [0.5, 0.6) is 0 Å². The summed E-state index contributed by atoms with van der Waals surface area (Å²) in [5.41, 5.74) is 3.30. The second kappa shape index (κ2) is 8.81. The first-order valence-electron chi connectivity index (χ1n) is 10.1. The van der Waals surface area contributed by atoms with Gasteiger partial charge >= 0.3 is 0 Å². The summed E-state index contributed by atoms with van der Waals surface area (Å²) in [5, 5.41) is 23.0. The van der Waals surface area contributed by atoms with Crippen LogP contribution in [0.15, 0.2) is 60.7 Å². The first-order chi connectivity index (χ1) is 14.3. The summed E-state index contributed by atoms with van der Waals surface area (Å²) >= 11 is 0. The normalized spacial score (nSPS) is 15.0. The van der Waals surface area contributed by atoms with E-state index in [2.05, 4.69) is 92.5 Å². The van der Waals surface area contributed by atoms with Crippen molar-refractivity contribution >= 4 is 45.6 Å². The fourth-order valence-corrected chi connectivity index (χ4v) is 4.11. The van der Waals surface area contributed by atoms with Gasteiger partial charge in [0.25, 0.3) is 0 Å². The van der Waals surface area contributed by atoms with Gasteiger partial charge in [-0.2, -0.15) is 0 Å². The minimum absolute atomic E-state index is 0. The molecule has 0 radical (unpaired) electrons. The van der Waals surface area contributed by atoms with Gasteiger partial charge in [0.2, 0.25) is 0 Å². The maximum absolute atomic E-state index is 4.34. The van der Waals surface area contributed by atoms with Crippen molar-refractivity contribution in [2.75, 3.05) is 36.4 Å². The van der Waals surface area contributed by atoms with Crippen molar-refractivity contribution in [3.05, 3.63) is 66.2 Å². The number of halogens is 1. The highest BCUT2D eigenvalue weighted by atomic mass is 35.5. The predicted octanol–water partition coefficient (Wildman–Crippen LogP) is 4.18. The van der Waals surface area contributed by atoms with Crippen molar-refractivity contribution in [3.63, 3.8) is 0 Å². The second-order valence-electron chi connectivity index (χ2n) is 7.51. The minimum atomic E-state index is 0. The molecule has 0 bridgehead atoms. The Kier molecular flexibility index (Phi) is 5.97. The lowest BCUT2D eigenvalue weighted by Gasteiger charge is -2.29. The van der Waals surface area contributed by atoms with E-state index in [-0.39, 0.29) is 18.4 Å². The Morgan fingerprint density at radius 2 is 1.73 bits per heavy atom. The second-order valence-corrected chi connectivity index (χ2v) is 7.51. The Labute approximate surface area is 182 Å². The van der Waals surface area contributed by atoms with E-state index in [0.29, 0.717) is 0 Å². The number of benzene rings is 3. The summed E-state index contributed by atoms with van der Waals surface area (Å²) in [6.07, 6.45) is 0. The molecule has 1 aliphatic heterocycles. The van der Waals surface area contributed by atoms with Gasteiger partial charge in [-0.05, 0) is 46.7 Å². The standard InChI is InChI=1S/C23H24N6.ClH/c1-16(19-8-4-6-17-5-2-3-7-20(17)19)25-23-21-15-18(29-13-11-24-12-14-29)9-10-22(21)26-28-27-23;/h2-10,15-16,24H,11-14H2,1H3,(H,25,26,27);1H/t16-;/m1./s1. The quantitative estimate of drug-likeness (QED) is 0.516. The number of nitrogens with zero attached hydrogens (tertiary/aromatic N) is 4. The Morgan fingerprint density at radius 1 is 0.933 bits per heavy atom. The Hall–Kier alpha value is -2.96. The zero-order valence-corrected chi connectivity index (χ0v) is 17.7. The Morgan fingerprint density at radius 3 is 2.60 bits per heavy atom. The third kappa shape index (κ3) is 3.88. The molecule has 1 aliphatic rings. The molecule has 0 amide bonds. The fourth-order valence-electron chi connectivity index (χ4n) is 4.11. The van der Waals surface area contributed by atoms with E-state index in [0.717, 1.165) is 42.9 Å². The zero-order chi connectivity index (χ0) is 19.6. The molecule has 3 aromatic carbocycles. The highest BCUT2D eigenvalue weighted by molar-refractivity contribution is 5.92. The van der Waals surface area contributed by atoms with E-state index in [1.807, 2.05) is 6.07 Å². The number of piperazine rings is 1. The Balaban J connectivity index is 0.00000218. The first kappa shape index (κ1) is 20.3. The highest BCUT2D eigenvalue weighted by Gasteiger charge is 2.15. The van der Waals surface area contributed by atoms with E-state index in [1.165, 1.54) is 22.0 Å². The van der Waals surface area contributed by atoms with Gasteiger partial charge < -0.3 is 15.5 Å². The maximum atomic E-state index is 4.34. The van der Waals surface area contributed by atoms with E-state index >= 15 is 0 Å². The van der Waals surface area contributed by atoms with Gasteiger partial charge in [0.1, 0.15) is 0 Å². The third-order valence-corrected chi connectivity index (χ3v) is 5.66. The lowest BCUT2D eigenvalue weighted by molar-refractivity contribution is 0.589. The SMILES string of the molecule is C[C@@H](Nc1nnnc2ccc(N3CCNCC3)cc12)c1cccc2ccccc12.Cl. The van der Waals surface area contributed by atoms with Gasteiger partial charge in [-0.1, -0.05) is 42.5 Å². The van der Waals surface area contributed by atoms with Crippen LogP contribution in [-0.4, -0.2) is 41.6 Å². The molecule has 30 heavy (non-hydrogen) atoms. The predicted molar refractivity (Wildman–Crippen MR) is 126 cm³/mol. The van der Waals surface area contributed by atoms with Crippen LogP contribution in [0.3, 0.4) is 0 Å². The minimum Gasteiger partial charge on any atom is -0.369 e. The summed E-state index contributed by atoms with van der Waals surface area (Å²) in [6, 6.07) is 21.3. The van der Waals surface area contributed by atoms with Gasteiger partial charge in [-0.3, -0.25) is 0 Å². The average molecular weight is 421 g/mol. The number of hydrogen-bond donors (Lipinski definition) is 2. The summed E-state index contributed by atoms with van der Waals surface area (Å²) in [7, 11) is 0. The number of aromatic nitrogens is 3. The molecule has 1 atom stereocenters. The molecule has 6 nitrogen and oxygen atoms in total. The molecule has 2 N–H and O–H groups in total. The smallest absolute Gasteiger partial charge is 0.160 e. The largest absolute Gasteiger partial charge is 0.369 e. The zero-order valence-electron chi connectivity index (χ0n) is 16.9. The Bertz CT molecular complexity index is 1150. The van der Waals surface area contributed by atoms with E-state index in [1.54, 1.807) is 0 Å². The monoisotopic (exact) mass is 420 g/mol. The van der Waals surface area contributed by atoms with Crippen molar-refractivity contribution in [2.24, 2.45) is 0 Å². The van der Waals surface area contributed by atoms with Crippen molar-refractivity contribution in [3.8, 4) is 0 Å². The number of anilines is 2.